The predicted octanol–water partition coefficient (Wildman–Crippen LogP) is 15.3. The summed E-state index contributed by atoms with van der Waals surface area (Å²) in [5.41, 5.74) is 20.2. The molecular formula is C55H44N2O. The normalized spacial score (nSPS) is 14.7. The molecule has 0 unspecified atom stereocenters. The first kappa shape index (κ1) is 34.4. The van der Waals surface area contributed by atoms with Crippen LogP contribution in [-0.4, -0.2) is 0 Å². The van der Waals surface area contributed by atoms with Gasteiger partial charge in [0.15, 0.2) is 11.5 Å². The Hall–Kier alpha value is -6.84. The van der Waals surface area contributed by atoms with Crippen LogP contribution >= 0.6 is 0 Å². The molecule has 0 saturated carbocycles. The first-order chi connectivity index (χ1) is 28.2. The van der Waals surface area contributed by atoms with Crippen molar-refractivity contribution in [3.05, 3.63) is 204 Å². The molecule has 0 fully saturated rings. The molecule has 0 radical (unpaired) electrons. The van der Waals surface area contributed by atoms with Crippen LogP contribution in [0.4, 0.5) is 34.1 Å². The van der Waals surface area contributed by atoms with Gasteiger partial charge in [0.2, 0.25) is 0 Å². The van der Waals surface area contributed by atoms with Crippen LogP contribution in [0.2, 0.25) is 0 Å². The van der Waals surface area contributed by atoms with Gasteiger partial charge in [0.05, 0.1) is 17.1 Å². The molecule has 8 aromatic rings. The number of hydrogen-bond acceptors (Lipinski definition) is 3. The van der Waals surface area contributed by atoms with Gasteiger partial charge in [-0.05, 0) is 111 Å². The maximum atomic E-state index is 7.00. The number of fused-ring (bicyclic) bond motifs is 7. The van der Waals surface area contributed by atoms with Crippen molar-refractivity contribution in [1.82, 2.24) is 0 Å². The predicted molar refractivity (Wildman–Crippen MR) is 241 cm³/mol. The Kier molecular flexibility index (Phi) is 7.46. The molecule has 0 bridgehead atoms. The second-order valence-electron chi connectivity index (χ2n) is 17.0. The van der Waals surface area contributed by atoms with Crippen molar-refractivity contribution in [3.8, 4) is 44.9 Å². The van der Waals surface area contributed by atoms with E-state index in [4.69, 9.17) is 4.74 Å². The molecule has 2 heterocycles. The maximum absolute atomic E-state index is 7.00. The van der Waals surface area contributed by atoms with Gasteiger partial charge in [-0.3, -0.25) is 0 Å². The lowest BCUT2D eigenvalue weighted by atomic mass is 9.72. The summed E-state index contributed by atoms with van der Waals surface area (Å²) in [4.78, 5) is 4.84. The van der Waals surface area contributed by atoms with Crippen LogP contribution in [0.1, 0.15) is 55.5 Å². The van der Waals surface area contributed by atoms with Crippen molar-refractivity contribution < 1.29 is 4.74 Å². The van der Waals surface area contributed by atoms with Crippen molar-refractivity contribution >= 4 is 34.1 Å². The molecule has 0 aromatic heterocycles. The summed E-state index contributed by atoms with van der Waals surface area (Å²) >= 11 is 0. The zero-order valence-electron chi connectivity index (χ0n) is 33.5. The van der Waals surface area contributed by atoms with Gasteiger partial charge < -0.3 is 14.5 Å². The Balaban J connectivity index is 1.04. The Morgan fingerprint density at radius 1 is 0.431 bits per heavy atom. The van der Waals surface area contributed by atoms with E-state index in [9.17, 15) is 0 Å². The lowest BCUT2D eigenvalue weighted by Gasteiger charge is -2.45. The number of para-hydroxylation sites is 2. The Morgan fingerprint density at radius 2 is 1.02 bits per heavy atom. The molecule has 280 valence electrons. The number of rotatable bonds is 5. The van der Waals surface area contributed by atoms with E-state index in [1.165, 1.54) is 55.8 Å². The Bertz CT molecular complexity index is 2920. The third kappa shape index (κ3) is 4.99. The van der Waals surface area contributed by atoms with Crippen molar-refractivity contribution in [1.29, 1.82) is 0 Å². The van der Waals surface area contributed by atoms with E-state index in [0.717, 1.165) is 51.1 Å². The number of nitrogens with zero attached hydrogens (tertiary/aromatic N) is 2. The van der Waals surface area contributed by atoms with Gasteiger partial charge in [0.1, 0.15) is 0 Å². The summed E-state index contributed by atoms with van der Waals surface area (Å²) in [5.74, 6) is 1.78. The Labute approximate surface area is 341 Å². The standard InChI is InChI=1S/C55H44N2O/c1-35-14-13-21-50-51(35)57-49-20-12-11-19-46(49)55(4,5)47-33-32-42(53(58-50)52(47)57)38-24-28-40(29-25-38)56(39-26-22-37(23-27-39)36-15-7-6-8-16-36)41-30-31-44-43-17-9-10-18-45(43)54(2,3)48(44)34-41/h6-34H,1-5H3. The van der Waals surface area contributed by atoms with Crippen LogP contribution in [0, 0.1) is 6.92 Å². The van der Waals surface area contributed by atoms with Gasteiger partial charge in [-0.25, -0.2) is 0 Å². The van der Waals surface area contributed by atoms with E-state index in [1.54, 1.807) is 0 Å². The molecule has 0 N–H and O–H groups in total. The molecule has 0 amide bonds. The zero-order chi connectivity index (χ0) is 39.3. The number of benzene rings is 8. The molecule has 3 aliphatic rings. The lowest BCUT2D eigenvalue weighted by Crippen LogP contribution is -2.32. The van der Waals surface area contributed by atoms with E-state index < -0.39 is 0 Å². The zero-order valence-corrected chi connectivity index (χ0v) is 33.5. The van der Waals surface area contributed by atoms with E-state index in [2.05, 4.69) is 220 Å². The highest BCUT2D eigenvalue weighted by Gasteiger charge is 2.43. The van der Waals surface area contributed by atoms with E-state index in [-0.39, 0.29) is 10.8 Å². The highest BCUT2D eigenvalue weighted by atomic mass is 16.5. The van der Waals surface area contributed by atoms with Crippen LogP contribution in [-0.2, 0) is 10.8 Å². The van der Waals surface area contributed by atoms with Gasteiger partial charge in [-0.15, -0.1) is 0 Å². The third-order valence-electron chi connectivity index (χ3n) is 13.0. The summed E-state index contributed by atoms with van der Waals surface area (Å²) in [6.07, 6.45) is 0. The lowest BCUT2D eigenvalue weighted by molar-refractivity contribution is 0.472. The first-order valence-corrected chi connectivity index (χ1v) is 20.4. The van der Waals surface area contributed by atoms with E-state index in [0.29, 0.717) is 0 Å². The van der Waals surface area contributed by atoms with Gasteiger partial charge in [-0.2, -0.15) is 0 Å². The maximum Gasteiger partial charge on any atom is 0.159 e. The van der Waals surface area contributed by atoms with Crippen LogP contribution in [0.3, 0.4) is 0 Å². The number of anilines is 6. The molecule has 0 saturated heterocycles. The highest BCUT2D eigenvalue weighted by molar-refractivity contribution is 5.98. The van der Waals surface area contributed by atoms with Crippen LogP contribution < -0.4 is 14.5 Å². The van der Waals surface area contributed by atoms with E-state index >= 15 is 0 Å². The third-order valence-corrected chi connectivity index (χ3v) is 13.0. The minimum Gasteiger partial charge on any atom is -0.452 e. The monoisotopic (exact) mass is 748 g/mol. The topological polar surface area (TPSA) is 15.7 Å². The summed E-state index contributed by atoms with van der Waals surface area (Å²) in [6, 6.07) is 64.3. The molecular weight excluding hydrogens is 705 g/mol. The fourth-order valence-corrected chi connectivity index (χ4v) is 9.94. The van der Waals surface area contributed by atoms with Crippen molar-refractivity contribution in [2.75, 3.05) is 9.80 Å². The number of hydrogen-bond donors (Lipinski definition) is 0. The molecule has 0 spiro atoms. The van der Waals surface area contributed by atoms with Crippen LogP contribution in [0.15, 0.2) is 176 Å². The van der Waals surface area contributed by atoms with Gasteiger partial charge in [0, 0.05) is 33.5 Å². The molecule has 3 nitrogen and oxygen atoms in total. The minimum absolute atomic E-state index is 0.109. The molecule has 1 aliphatic carbocycles. The average molecular weight is 749 g/mol. The van der Waals surface area contributed by atoms with E-state index in [1.807, 2.05) is 0 Å². The number of ether oxygens (including phenoxy) is 1. The SMILES string of the molecule is Cc1cccc2c1N1c3ccccc3C(C)(C)c3ccc(-c4ccc(N(c5ccc(-c6ccccc6)cc5)c5ccc6c(c5)C(C)(C)c5ccccc5-6)cc4)c(c31)O2. The highest BCUT2D eigenvalue weighted by Crippen LogP contribution is 2.62. The van der Waals surface area contributed by atoms with Crippen molar-refractivity contribution in [2.45, 2.75) is 45.4 Å². The van der Waals surface area contributed by atoms with Gasteiger partial charge in [-0.1, -0.05) is 155 Å². The van der Waals surface area contributed by atoms with Gasteiger partial charge >= 0.3 is 0 Å². The number of aryl methyl sites for hydroxylation is 1. The molecule has 3 heteroatoms. The fourth-order valence-electron chi connectivity index (χ4n) is 9.94. The van der Waals surface area contributed by atoms with Crippen LogP contribution in [0.5, 0.6) is 11.5 Å². The summed E-state index contributed by atoms with van der Waals surface area (Å²) in [7, 11) is 0. The first-order valence-electron chi connectivity index (χ1n) is 20.4. The van der Waals surface area contributed by atoms with Crippen molar-refractivity contribution in [2.24, 2.45) is 0 Å². The van der Waals surface area contributed by atoms with Crippen LogP contribution in [0.25, 0.3) is 33.4 Å². The molecule has 58 heavy (non-hydrogen) atoms. The molecule has 8 aromatic carbocycles. The second kappa shape index (κ2) is 12.6. The molecule has 0 atom stereocenters. The minimum atomic E-state index is -0.203. The second-order valence-corrected chi connectivity index (χ2v) is 17.0. The quantitative estimate of drug-likeness (QED) is 0.174. The summed E-state index contributed by atoms with van der Waals surface area (Å²) < 4.78 is 7.00. The molecule has 2 aliphatic heterocycles. The Morgan fingerprint density at radius 3 is 1.78 bits per heavy atom. The summed E-state index contributed by atoms with van der Waals surface area (Å²) in [6.45, 7) is 11.5. The smallest absolute Gasteiger partial charge is 0.159 e. The average Bonchev–Trinajstić information content (AvgIpc) is 3.48. The fraction of sp³-hybridized carbons (Fsp3) is 0.127. The van der Waals surface area contributed by atoms with Crippen molar-refractivity contribution in [3.63, 3.8) is 0 Å². The van der Waals surface area contributed by atoms with Gasteiger partial charge in [0.25, 0.3) is 0 Å². The molecule has 11 rings (SSSR count). The largest absolute Gasteiger partial charge is 0.452 e. The summed E-state index contributed by atoms with van der Waals surface area (Å²) in [5, 5.41) is 0.